The number of esters is 1. The number of rotatable bonds is 9. The van der Waals surface area contributed by atoms with Crippen LogP contribution in [-0.4, -0.2) is 36.3 Å². The molecule has 3 heterocycles. The number of ether oxygens (including phenoxy) is 1. The molecule has 5 aromatic rings. The Morgan fingerprint density at radius 2 is 1.86 bits per heavy atom. The number of nitro benzene ring substituents is 1. The number of benzene rings is 3. The van der Waals surface area contributed by atoms with Crippen molar-refractivity contribution in [1.29, 1.82) is 0 Å². The molecular formula is C34H28Cl2N6O5S2. The summed E-state index contributed by atoms with van der Waals surface area (Å²) in [6.07, 6.45) is 1.21. The Bertz CT molecular complexity index is 2330. The van der Waals surface area contributed by atoms with Gasteiger partial charge >= 0.3 is 5.97 Å². The molecule has 0 aliphatic carbocycles. The van der Waals surface area contributed by atoms with Gasteiger partial charge in [-0.05, 0) is 87.0 Å². The molecule has 0 spiro atoms. The highest BCUT2D eigenvalue weighted by Crippen LogP contribution is 2.35. The zero-order chi connectivity index (χ0) is 35.0. The lowest BCUT2D eigenvalue weighted by Crippen LogP contribution is -2.40. The lowest BCUT2D eigenvalue weighted by atomic mass is 9.96. The molecule has 1 aliphatic rings. The standard InChI is InChI=1S/C34H28Cl2N6O5S2/c1-5-40-30(21-7-6-8-24(36)15-21)38-39-34(40)48-26-14-13-25(42(45)46)16-22(26)17-27-31(43)41-29(20-9-11-23(35)12-10-20)28(32(44)47-18(2)3)19(4)37-33(41)49-27/h6-18,29H,5H2,1-4H3/b27-17+/t29-/m1/s1. The number of nitrogens with zero attached hydrogens (tertiary/aromatic N) is 6. The molecule has 0 fully saturated rings. The van der Waals surface area contributed by atoms with Crippen LogP contribution in [0, 0.1) is 10.1 Å². The first-order valence-electron chi connectivity index (χ1n) is 15.1. The fourth-order valence-corrected chi connectivity index (χ4v) is 7.74. The smallest absolute Gasteiger partial charge is 0.338 e. The van der Waals surface area contributed by atoms with E-state index in [0.717, 1.165) is 16.9 Å². The minimum Gasteiger partial charge on any atom is -0.459 e. The van der Waals surface area contributed by atoms with Crippen LogP contribution in [0.5, 0.6) is 0 Å². The van der Waals surface area contributed by atoms with E-state index in [-0.39, 0.29) is 15.8 Å². The molecule has 0 bridgehead atoms. The number of allylic oxidation sites excluding steroid dienone is 1. The number of hydrogen-bond donors (Lipinski definition) is 0. The maximum absolute atomic E-state index is 14.2. The van der Waals surface area contributed by atoms with Gasteiger partial charge in [-0.1, -0.05) is 58.8 Å². The van der Waals surface area contributed by atoms with Gasteiger partial charge in [0.05, 0.1) is 32.9 Å². The molecule has 0 saturated carbocycles. The van der Waals surface area contributed by atoms with Crippen molar-refractivity contribution in [3.63, 3.8) is 0 Å². The predicted molar refractivity (Wildman–Crippen MR) is 190 cm³/mol. The molecule has 1 atom stereocenters. The SMILES string of the molecule is CCn1c(Sc2ccc([N+](=O)[O-])cc2/C=c2/sc3n(c2=O)[C@H](c2ccc(Cl)cc2)C(C(=O)OC(C)C)=C(C)N=3)nnc1-c1cccc(Cl)c1. The monoisotopic (exact) mass is 734 g/mol. The third-order valence-electron chi connectivity index (χ3n) is 7.58. The van der Waals surface area contributed by atoms with Gasteiger partial charge in [0, 0.05) is 39.2 Å². The molecule has 49 heavy (non-hydrogen) atoms. The van der Waals surface area contributed by atoms with Crippen molar-refractivity contribution in [1.82, 2.24) is 19.3 Å². The Morgan fingerprint density at radius 1 is 1.10 bits per heavy atom. The van der Waals surface area contributed by atoms with Crippen molar-refractivity contribution in [3.05, 3.63) is 129 Å². The molecule has 2 aromatic heterocycles. The van der Waals surface area contributed by atoms with E-state index in [0.29, 0.717) is 54.1 Å². The molecule has 0 saturated heterocycles. The number of halogens is 2. The number of nitro groups is 1. The van der Waals surface area contributed by atoms with Crippen LogP contribution in [0.3, 0.4) is 0 Å². The summed E-state index contributed by atoms with van der Waals surface area (Å²) in [4.78, 5) is 44.6. The molecule has 11 nitrogen and oxygen atoms in total. The Kier molecular flexibility index (Phi) is 9.89. The Hall–Kier alpha value is -4.56. The number of fused-ring (bicyclic) bond motifs is 1. The van der Waals surface area contributed by atoms with Crippen molar-refractivity contribution >= 4 is 64.0 Å². The number of thiazole rings is 1. The van der Waals surface area contributed by atoms with Gasteiger partial charge in [0.25, 0.3) is 11.2 Å². The number of non-ortho nitro benzene ring substituents is 1. The highest BCUT2D eigenvalue weighted by atomic mass is 35.5. The topological polar surface area (TPSA) is 135 Å². The summed E-state index contributed by atoms with van der Waals surface area (Å²) in [5.41, 5.74) is 1.94. The maximum Gasteiger partial charge on any atom is 0.338 e. The van der Waals surface area contributed by atoms with Crippen molar-refractivity contribution in [2.45, 2.75) is 56.4 Å². The Morgan fingerprint density at radius 3 is 2.53 bits per heavy atom. The van der Waals surface area contributed by atoms with Gasteiger partial charge in [-0.2, -0.15) is 0 Å². The van der Waals surface area contributed by atoms with Gasteiger partial charge in [0.2, 0.25) is 0 Å². The minimum atomic E-state index is -0.839. The van der Waals surface area contributed by atoms with Gasteiger partial charge < -0.3 is 9.30 Å². The van der Waals surface area contributed by atoms with Crippen LogP contribution in [-0.2, 0) is 16.1 Å². The van der Waals surface area contributed by atoms with Crippen molar-refractivity contribution in [3.8, 4) is 11.4 Å². The van der Waals surface area contributed by atoms with Gasteiger partial charge in [0.1, 0.15) is 0 Å². The summed E-state index contributed by atoms with van der Waals surface area (Å²) < 4.78 is 9.21. The van der Waals surface area contributed by atoms with Crippen molar-refractivity contribution in [2.75, 3.05) is 0 Å². The van der Waals surface area contributed by atoms with E-state index >= 15 is 0 Å². The zero-order valence-corrected chi connectivity index (χ0v) is 29.7. The van der Waals surface area contributed by atoms with Crippen LogP contribution < -0.4 is 14.9 Å². The van der Waals surface area contributed by atoms with E-state index < -0.39 is 28.6 Å². The number of carbonyl (C=O) groups is 1. The predicted octanol–water partition coefficient (Wildman–Crippen LogP) is 6.83. The van der Waals surface area contributed by atoms with Crippen LogP contribution in [0.25, 0.3) is 17.5 Å². The largest absolute Gasteiger partial charge is 0.459 e. The normalized spacial score (nSPS) is 14.6. The number of hydrogen-bond acceptors (Lipinski definition) is 10. The van der Waals surface area contributed by atoms with E-state index in [2.05, 4.69) is 15.2 Å². The van der Waals surface area contributed by atoms with Crippen molar-refractivity contribution in [2.24, 2.45) is 4.99 Å². The lowest BCUT2D eigenvalue weighted by Gasteiger charge is -2.25. The van der Waals surface area contributed by atoms with E-state index in [9.17, 15) is 19.7 Å². The van der Waals surface area contributed by atoms with Crippen molar-refractivity contribution < 1.29 is 14.5 Å². The van der Waals surface area contributed by atoms with E-state index in [4.69, 9.17) is 27.9 Å². The van der Waals surface area contributed by atoms with Crippen LogP contribution in [0.15, 0.2) is 97.8 Å². The summed E-state index contributed by atoms with van der Waals surface area (Å²) in [5.74, 6) is 0.0358. The van der Waals surface area contributed by atoms with Crippen LogP contribution in [0.1, 0.15) is 44.9 Å². The molecule has 0 unspecified atom stereocenters. The summed E-state index contributed by atoms with van der Waals surface area (Å²) in [6, 6.07) is 17.8. The van der Waals surface area contributed by atoms with E-state index in [1.54, 1.807) is 69.3 Å². The summed E-state index contributed by atoms with van der Waals surface area (Å²) >= 11 is 14.8. The highest BCUT2D eigenvalue weighted by Gasteiger charge is 2.34. The first-order valence-corrected chi connectivity index (χ1v) is 17.5. The van der Waals surface area contributed by atoms with Gasteiger partial charge in [-0.3, -0.25) is 19.5 Å². The van der Waals surface area contributed by atoms with Gasteiger partial charge in [-0.25, -0.2) is 9.79 Å². The average Bonchev–Trinajstić information content (AvgIpc) is 3.60. The third-order valence-corrected chi connectivity index (χ3v) is 10.1. The molecule has 0 N–H and O–H groups in total. The summed E-state index contributed by atoms with van der Waals surface area (Å²) in [7, 11) is 0. The second-order valence-corrected chi connectivity index (χ2v) is 14.1. The van der Waals surface area contributed by atoms with E-state index in [1.165, 1.54) is 28.5 Å². The molecule has 250 valence electrons. The molecule has 0 amide bonds. The van der Waals surface area contributed by atoms with Crippen LogP contribution in [0.4, 0.5) is 5.69 Å². The van der Waals surface area contributed by atoms with Gasteiger partial charge in [-0.15, -0.1) is 10.2 Å². The number of aromatic nitrogens is 4. The van der Waals surface area contributed by atoms with Gasteiger partial charge in [0.15, 0.2) is 15.8 Å². The molecular weight excluding hydrogens is 707 g/mol. The first kappa shape index (κ1) is 34.3. The fourth-order valence-electron chi connectivity index (χ4n) is 5.41. The quantitative estimate of drug-likeness (QED) is 0.0914. The molecule has 15 heteroatoms. The lowest BCUT2D eigenvalue weighted by molar-refractivity contribution is -0.384. The maximum atomic E-state index is 14.2. The second kappa shape index (κ2) is 14.1. The molecule has 6 rings (SSSR count). The zero-order valence-electron chi connectivity index (χ0n) is 26.6. The molecule has 1 aliphatic heterocycles. The first-order chi connectivity index (χ1) is 23.4. The molecule has 0 radical (unpaired) electrons. The summed E-state index contributed by atoms with van der Waals surface area (Å²) in [5, 5.41) is 22.3. The number of carbonyl (C=O) groups excluding carboxylic acids is 1. The van der Waals surface area contributed by atoms with Crippen LogP contribution in [0.2, 0.25) is 10.0 Å². The highest BCUT2D eigenvalue weighted by molar-refractivity contribution is 7.99. The Balaban J connectivity index is 1.49. The minimum absolute atomic E-state index is 0.145. The average molecular weight is 736 g/mol. The molecule has 3 aromatic carbocycles. The fraction of sp³-hybridized carbons (Fsp3) is 0.206. The van der Waals surface area contributed by atoms with E-state index in [1.807, 2.05) is 23.6 Å². The second-order valence-electron chi connectivity index (χ2n) is 11.2. The Labute approximate surface area is 298 Å². The third kappa shape index (κ3) is 6.97. The van der Waals surface area contributed by atoms with Crippen LogP contribution >= 0.6 is 46.3 Å². The summed E-state index contributed by atoms with van der Waals surface area (Å²) in [6.45, 7) is 7.70.